The number of hydrogen-bond donors (Lipinski definition) is 8. The minimum atomic E-state index is -1.55. The average Bonchev–Trinajstić information content (AvgIpc) is 2.65. The standard InChI is InChI=1S/C16H28N2O10S/c1-5(21)17-9-12(24)11(23)7(3-19)26-15(9)28-14-8(4-20)27-16(29)10(13(14)25)18-6(2)22/h7-16,19-20,23-25,29H,3-4H2,1-2H3,(H,17,21)(H,18,22)/t7-,8-,9-,10-,11-,12-,13-,14-,15+,16+/m1/s1. The number of rotatable bonds is 6. The number of thiol groups is 1. The summed E-state index contributed by atoms with van der Waals surface area (Å²) in [5.74, 6) is -1.01. The summed E-state index contributed by atoms with van der Waals surface area (Å²) in [5, 5.41) is 55.0. The summed E-state index contributed by atoms with van der Waals surface area (Å²) in [6.45, 7) is 1.20. The first-order valence-electron chi connectivity index (χ1n) is 9.05. The summed E-state index contributed by atoms with van der Waals surface area (Å²) in [6.07, 6.45) is -9.43. The minimum absolute atomic E-state index is 0.457. The molecule has 168 valence electrons. The molecule has 0 spiro atoms. The predicted octanol–water partition coefficient (Wildman–Crippen LogP) is -4.17. The molecule has 29 heavy (non-hydrogen) atoms. The molecule has 2 heterocycles. The van der Waals surface area contributed by atoms with Crippen LogP contribution in [0.1, 0.15) is 13.8 Å². The number of aliphatic hydroxyl groups excluding tert-OH is 5. The first-order valence-corrected chi connectivity index (χ1v) is 9.56. The molecule has 0 saturated carbocycles. The molecule has 0 bridgehead atoms. The van der Waals surface area contributed by atoms with E-state index in [0.29, 0.717) is 0 Å². The summed E-state index contributed by atoms with van der Waals surface area (Å²) in [7, 11) is 0. The van der Waals surface area contributed by atoms with Gasteiger partial charge in [0.2, 0.25) is 11.8 Å². The van der Waals surface area contributed by atoms with Crippen molar-refractivity contribution in [3.05, 3.63) is 0 Å². The Morgan fingerprint density at radius 3 is 1.97 bits per heavy atom. The fraction of sp³-hybridized carbons (Fsp3) is 0.875. The summed E-state index contributed by atoms with van der Waals surface area (Å²) >= 11 is 4.17. The van der Waals surface area contributed by atoms with Gasteiger partial charge in [0.05, 0.1) is 19.3 Å². The van der Waals surface area contributed by atoms with Gasteiger partial charge in [0.15, 0.2) is 6.29 Å². The van der Waals surface area contributed by atoms with E-state index in [0.717, 1.165) is 0 Å². The van der Waals surface area contributed by atoms with E-state index >= 15 is 0 Å². The van der Waals surface area contributed by atoms with Crippen molar-refractivity contribution >= 4 is 24.4 Å². The largest absolute Gasteiger partial charge is 0.394 e. The lowest BCUT2D eigenvalue weighted by atomic mass is 9.95. The predicted molar refractivity (Wildman–Crippen MR) is 98.6 cm³/mol. The van der Waals surface area contributed by atoms with E-state index in [-0.39, 0.29) is 0 Å². The van der Waals surface area contributed by atoms with Crippen LogP contribution in [-0.4, -0.2) is 111 Å². The monoisotopic (exact) mass is 440 g/mol. The Morgan fingerprint density at radius 1 is 0.897 bits per heavy atom. The number of amides is 2. The molecule has 2 rings (SSSR count). The number of hydrogen-bond acceptors (Lipinski definition) is 11. The maximum absolute atomic E-state index is 11.5. The normalized spacial score (nSPS) is 42.9. The van der Waals surface area contributed by atoms with Crippen molar-refractivity contribution in [1.29, 1.82) is 0 Å². The van der Waals surface area contributed by atoms with Crippen LogP contribution in [0.5, 0.6) is 0 Å². The SMILES string of the molecule is CC(=O)N[C@@H]1[C@@H](O)[C@H](O[C@@H]2O[C@H](CO)[C@@H](O)[C@H](O)[C@H]2NC(C)=O)[C@@H](CO)O[C@H]1S. The van der Waals surface area contributed by atoms with Gasteiger partial charge >= 0.3 is 0 Å². The molecule has 2 aliphatic rings. The number of carbonyl (C=O) groups is 2. The van der Waals surface area contributed by atoms with Gasteiger partial charge in [-0.2, -0.15) is 0 Å². The molecule has 13 heteroatoms. The second-order valence-corrected chi connectivity index (χ2v) is 7.51. The lowest BCUT2D eigenvalue weighted by Gasteiger charge is -2.47. The van der Waals surface area contributed by atoms with Crippen LogP contribution < -0.4 is 10.6 Å². The van der Waals surface area contributed by atoms with Gasteiger partial charge in [-0.3, -0.25) is 9.59 Å². The molecule has 7 N–H and O–H groups in total. The average molecular weight is 440 g/mol. The highest BCUT2D eigenvalue weighted by Gasteiger charge is 2.50. The van der Waals surface area contributed by atoms with Gasteiger partial charge in [-0.25, -0.2) is 0 Å². The summed E-state index contributed by atoms with van der Waals surface area (Å²) in [5.41, 5.74) is -0.943. The van der Waals surface area contributed by atoms with Crippen LogP contribution in [-0.2, 0) is 23.8 Å². The molecular formula is C16H28N2O10S. The van der Waals surface area contributed by atoms with Gasteiger partial charge in [-0.05, 0) is 0 Å². The van der Waals surface area contributed by atoms with Gasteiger partial charge in [0, 0.05) is 13.8 Å². The van der Waals surface area contributed by atoms with Crippen LogP contribution in [0.15, 0.2) is 0 Å². The maximum atomic E-state index is 11.5. The van der Waals surface area contributed by atoms with Gasteiger partial charge in [-0.1, -0.05) is 0 Å². The first-order chi connectivity index (χ1) is 13.6. The first kappa shape index (κ1) is 24.2. The fourth-order valence-corrected chi connectivity index (χ4v) is 3.79. The second-order valence-electron chi connectivity index (χ2n) is 7.00. The Kier molecular flexibility index (Phi) is 8.63. The van der Waals surface area contributed by atoms with Crippen LogP contribution in [0.4, 0.5) is 0 Å². The van der Waals surface area contributed by atoms with Crippen LogP contribution in [0, 0.1) is 0 Å². The van der Waals surface area contributed by atoms with Crippen molar-refractivity contribution in [3.63, 3.8) is 0 Å². The highest BCUT2D eigenvalue weighted by molar-refractivity contribution is 7.80. The molecule has 10 atom stereocenters. The Morgan fingerprint density at radius 2 is 1.45 bits per heavy atom. The number of nitrogens with one attached hydrogen (secondary N) is 2. The molecule has 0 aromatic carbocycles. The molecule has 0 unspecified atom stereocenters. The van der Waals surface area contributed by atoms with Crippen molar-refractivity contribution < 1.29 is 49.3 Å². The Bertz CT molecular complexity index is 584. The van der Waals surface area contributed by atoms with Crippen molar-refractivity contribution in [2.24, 2.45) is 0 Å². The van der Waals surface area contributed by atoms with E-state index in [4.69, 9.17) is 14.2 Å². The van der Waals surface area contributed by atoms with E-state index in [1.807, 2.05) is 0 Å². The van der Waals surface area contributed by atoms with Crippen LogP contribution >= 0.6 is 12.6 Å². The molecule has 0 aromatic heterocycles. The molecule has 2 saturated heterocycles. The van der Waals surface area contributed by atoms with E-state index in [1.165, 1.54) is 13.8 Å². The van der Waals surface area contributed by atoms with Crippen LogP contribution in [0.3, 0.4) is 0 Å². The Hall–Kier alpha value is -1.03. The third-order valence-corrected chi connectivity index (χ3v) is 5.23. The topological polar surface area (TPSA) is 187 Å². The molecule has 2 aliphatic heterocycles. The molecular weight excluding hydrogens is 412 g/mol. The van der Waals surface area contributed by atoms with Crippen molar-refractivity contribution in [2.75, 3.05) is 13.2 Å². The molecule has 12 nitrogen and oxygen atoms in total. The molecule has 2 amide bonds. The summed E-state index contributed by atoms with van der Waals surface area (Å²) in [6, 6.07) is -2.24. The van der Waals surface area contributed by atoms with Crippen molar-refractivity contribution in [3.8, 4) is 0 Å². The zero-order chi connectivity index (χ0) is 21.9. The van der Waals surface area contributed by atoms with Crippen molar-refractivity contribution in [2.45, 2.75) is 74.3 Å². The quantitative estimate of drug-likeness (QED) is 0.188. The maximum Gasteiger partial charge on any atom is 0.217 e. The Balaban J connectivity index is 2.26. The highest BCUT2D eigenvalue weighted by Crippen LogP contribution is 2.30. The number of aliphatic hydroxyl groups is 5. The summed E-state index contributed by atoms with van der Waals surface area (Å²) in [4.78, 5) is 22.9. The zero-order valence-corrected chi connectivity index (χ0v) is 16.8. The molecule has 0 aromatic rings. The third kappa shape index (κ3) is 5.57. The number of ether oxygens (including phenoxy) is 3. The van der Waals surface area contributed by atoms with Gasteiger partial charge in [-0.15, -0.1) is 12.6 Å². The molecule has 0 radical (unpaired) electrons. The minimum Gasteiger partial charge on any atom is -0.394 e. The third-order valence-electron chi connectivity index (χ3n) is 4.78. The highest BCUT2D eigenvalue weighted by atomic mass is 32.1. The van der Waals surface area contributed by atoms with E-state index < -0.39 is 85.5 Å². The molecule has 2 fully saturated rings. The Labute approximate surface area is 172 Å². The van der Waals surface area contributed by atoms with Crippen molar-refractivity contribution in [1.82, 2.24) is 10.6 Å². The van der Waals surface area contributed by atoms with E-state index in [2.05, 4.69) is 23.3 Å². The lowest BCUT2D eigenvalue weighted by molar-refractivity contribution is -0.310. The summed E-state index contributed by atoms with van der Waals surface area (Å²) < 4.78 is 16.7. The lowest BCUT2D eigenvalue weighted by Crippen LogP contribution is -2.68. The number of carbonyl (C=O) groups excluding carboxylic acids is 2. The molecule has 0 aliphatic carbocycles. The zero-order valence-electron chi connectivity index (χ0n) is 15.9. The van der Waals surface area contributed by atoms with Gasteiger partial charge in [0.1, 0.15) is 48.1 Å². The fourth-order valence-electron chi connectivity index (χ4n) is 3.38. The van der Waals surface area contributed by atoms with Gasteiger partial charge in [0.25, 0.3) is 0 Å². The van der Waals surface area contributed by atoms with E-state index in [1.54, 1.807) is 0 Å². The van der Waals surface area contributed by atoms with Crippen LogP contribution in [0.2, 0.25) is 0 Å². The van der Waals surface area contributed by atoms with Gasteiger partial charge < -0.3 is 50.4 Å². The second kappa shape index (κ2) is 10.3. The van der Waals surface area contributed by atoms with E-state index in [9.17, 15) is 35.1 Å². The van der Waals surface area contributed by atoms with Crippen LogP contribution in [0.25, 0.3) is 0 Å². The smallest absolute Gasteiger partial charge is 0.217 e.